The number of nitrogens with one attached hydrogen (secondary N) is 2. The van der Waals surface area contributed by atoms with Gasteiger partial charge in [-0.3, -0.25) is 9.52 Å². The second-order valence-corrected chi connectivity index (χ2v) is 10.9. The molecule has 1 aliphatic carbocycles. The number of hydrogen-bond donors (Lipinski definition) is 2. The molecular formula is C25H26N2O5S2. The van der Waals surface area contributed by atoms with Gasteiger partial charge < -0.3 is 10.1 Å². The normalized spacial score (nSPS) is 13.1. The number of benzene rings is 2. The number of ether oxygens (including phenoxy) is 1. The smallest absolute Gasteiger partial charge is 0.341 e. The summed E-state index contributed by atoms with van der Waals surface area (Å²) in [7, 11) is -3.89. The number of sulfonamides is 1. The standard InChI is InChI=1S/C25H26N2O5S2/c1-3-32-25(29)22-20-12-4-5-13-21(20)33-24(22)26-23(28)17-9-7-11-19(15-17)34(30,31)27-18-10-6-8-16(2)14-18/h6-11,14-15,27H,3-5,12-13H2,1-2H3,(H,26,28). The molecule has 0 radical (unpaired) electrons. The molecule has 0 unspecified atom stereocenters. The summed E-state index contributed by atoms with van der Waals surface area (Å²) in [5.74, 6) is -0.937. The molecule has 7 nitrogen and oxygen atoms in total. The van der Waals surface area contributed by atoms with Crippen LogP contribution in [0.2, 0.25) is 0 Å². The fraction of sp³-hybridized carbons (Fsp3) is 0.280. The van der Waals surface area contributed by atoms with Crippen molar-refractivity contribution in [3.63, 3.8) is 0 Å². The van der Waals surface area contributed by atoms with E-state index in [1.165, 1.54) is 29.5 Å². The highest BCUT2D eigenvalue weighted by Gasteiger charge is 2.27. The summed E-state index contributed by atoms with van der Waals surface area (Å²) >= 11 is 1.39. The van der Waals surface area contributed by atoms with Crippen LogP contribution in [0.25, 0.3) is 0 Å². The minimum absolute atomic E-state index is 0.0299. The lowest BCUT2D eigenvalue weighted by Gasteiger charge is -2.12. The molecule has 0 aliphatic heterocycles. The summed E-state index contributed by atoms with van der Waals surface area (Å²) in [6.07, 6.45) is 3.66. The van der Waals surface area contributed by atoms with Gasteiger partial charge in [0.05, 0.1) is 17.1 Å². The molecule has 2 aromatic carbocycles. The van der Waals surface area contributed by atoms with Crippen LogP contribution in [0.15, 0.2) is 53.4 Å². The summed E-state index contributed by atoms with van der Waals surface area (Å²) in [6, 6.07) is 12.8. The SMILES string of the molecule is CCOC(=O)c1c(NC(=O)c2cccc(S(=O)(=O)Nc3cccc(C)c3)c2)sc2c1CCCC2. The number of anilines is 2. The molecule has 34 heavy (non-hydrogen) atoms. The number of aryl methyl sites for hydroxylation is 2. The Morgan fingerprint density at radius 1 is 1.06 bits per heavy atom. The van der Waals surface area contributed by atoms with Crippen LogP contribution in [0.5, 0.6) is 0 Å². The Labute approximate surface area is 203 Å². The van der Waals surface area contributed by atoms with E-state index in [0.29, 0.717) is 16.3 Å². The van der Waals surface area contributed by atoms with Crippen LogP contribution in [0.4, 0.5) is 10.7 Å². The Hall–Kier alpha value is -3.17. The maximum absolute atomic E-state index is 13.1. The average Bonchev–Trinajstić information content (AvgIpc) is 3.17. The molecule has 0 saturated heterocycles. The highest BCUT2D eigenvalue weighted by atomic mass is 32.2. The lowest BCUT2D eigenvalue weighted by molar-refractivity contribution is 0.0526. The lowest BCUT2D eigenvalue weighted by atomic mass is 9.95. The van der Waals surface area contributed by atoms with Gasteiger partial charge in [-0.2, -0.15) is 0 Å². The number of amides is 1. The maximum Gasteiger partial charge on any atom is 0.341 e. The van der Waals surface area contributed by atoms with Gasteiger partial charge in [0.25, 0.3) is 15.9 Å². The number of fused-ring (bicyclic) bond motifs is 1. The predicted octanol–water partition coefficient (Wildman–Crippen LogP) is 5.17. The number of esters is 1. The number of carbonyl (C=O) groups excluding carboxylic acids is 2. The van der Waals surface area contributed by atoms with Crippen molar-refractivity contribution in [1.29, 1.82) is 0 Å². The Kier molecular flexibility index (Phi) is 7.04. The van der Waals surface area contributed by atoms with E-state index in [1.54, 1.807) is 31.2 Å². The zero-order valence-electron chi connectivity index (χ0n) is 19.0. The second kappa shape index (κ2) is 9.99. The van der Waals surface area contributed by atoms with E-state index in [-0.39, 0.29) is 17.1 Å². The largest absolute Gasteiger partial charge is 0.462 e. The molecular weight excluding hydrogens is 472 g/mol. The van der Waals surface area contributed by atoms with E-state index in [9.17, 15) is 18.0 Å². The Morgan fingerprint density at radius 3 is 2.59 bits per heavy atom. The first-order valence-corrected chi connectivity index (χ1v) is 13.4. The maximum atomic E-state index is 13.1. The van der Waals surface area contributed by atoms with Gasteiger partial charge in [0.15, 0.2) is 0 Å². The van der Waals surface area contributed by atoms with Crippen molar-refractivity contribution in [3.05, 3.63) is 75.7 Å². The van der Waals surface area contributed by atoms with Gasteiger partial charge in [-0.25, -0.2) is 13.2 Å². The van der Waals surface area contributed by atoms with E-state index in [0.717, 1.165) is 41.7 Å². The van der Waals surface area contributed by atoms with Crippen LogP contribution in [0.1, 0.15) is 56.5 Å². The van der Waals surface area contributed by atoms with Crippen LogP contribution < -0.4 is 10.0 Å². The second-order valence-electron chi connectivity index (χ2n) is 8.09. The molecule has 9 heteroatoms. The fourth-order valence-corrected chi connectivity index (χ4v) is 6.34. The predicted molar refractivity (Wildman–Crippen MR) is 133 cm³/mol. The first-order chi connectivity index (χ1) is 16.3. The van der Waals surface area contributed by atoms with Crippen LogP contribution in [0, 0.1) is 6.92 Å². The third-order valence-electron chi connectivity index (χ3n) is 5.55. The highest BCUT2D eigenvalue weighted by molar-refractivity contribution is 7.92. The van der Waals surface area contributed by atoms with Crippen molar-refractivity contribution in [2.24, 2.45) is 0 Å². The first-order valence-electron chi connectivity index (χ1n) is 11.1. The molecule has 2 N–H and O–H groups in total. The van der Waals surface area contributed by atoms with Gasteiger partial charge in [0, 0.05) is 16.1 Å². The third-order valence-corrected chi connectivity index (χ3v) is 8.14. The van der Waals surface area contributed by atoms with E-state index < -0.39 is 21.9 Å². The van der Waals surface area contributed by atoms with E-state index in [2.05, 4.69) is 10.0 Å². The summed E-state index contributed by atoms with van der Waals surface area (Å²) in [4.78, 5) is 26.8. The molecule has 0 fully saturated rings. The molecule has 0 atom stereocenters. The van der Waals surface area contributed by atoms with Gasteiger partial charge in [-0.05, 0) is 81.0 Å². The topological polar surface area (TPSA) is 102 Å². The van der Waals surface area contributed by atoms with Crippen molar-refractivity contribution in [2.75, 3.05) is 16.6 Å². The quantitative estimate of drug-likeness (QED) is 0.438. The van der Waals surface area contributed by atoms with Gasteiger partial charge in [0.2, 0.25) is 0 Å². The molecule has 1 aromatic heterocycles. The molecule has 3 aromatic rings. The summed E-state index contributed by atoms with van der Waals surface area (Å²) in [5, 5.41) is 3.27. The van der Waals surface area contributed by atoms with Crippen molar-refractivity contribution >= 4 is 43.9 Å². The van der Waals surface area contributed by atoms with Crippen molar-refractivity contribution in [3.8, 4) is 0 Å². The van der Waals surface area contributed by atoms with Crippen molar-refractivity contribution < 1.29 is 22.7 Å². The molecule has 0 spiro atoms. The Balaban J connectivity index is 1.60. The summed E-state index contributed by atoms with van der Waals surface area (Å²) in [6.45, 7) is 3.85. The number of thiophene rings is 1. The van der Waals surface area contributed by atoms with Crippen LogP contribution >= 0.6 is 11.3 Å². The molecule has 0 saturated carbocycles. The summed E-state index contributed by atoms with van der Waals surface area (Å²) in [5.41, 5.74) is 2.90. The molecule has 0 bridgehead atoms. The van der Waals surface area contributed by atoms with E-state index >= 15 is 0 Å². The highest BCUT2D eigenvalue weighted by Crippen LogP contribution is 2.38. The van der Waals surface area contributed by atoms with Crippen molar-refractivity contribution in [1.82, 2.24) is 0 Å². The Bertz CT molecular complexity index is 1350. The van der Waals surface area contributed by atoms with Gasteiger partial charge in [0.1, 0.15) is 5.00 Å². The van der Waals surface area contributed by atoms with Gasteiger partial charge in [-0.15, -0.1) is 11.3 Å². The van der Waals surface area contributed by atoms with Crippen LogP contribution in [-0.2, 0) is 27.6 Å². The fourth-order valence-electron chi connectivity index (χ4n) is 3.98. The zero-order valence-corrected chi connectivity index (χ0v) is 20.6. The number of carbonyl (C=O) groups is 2. The minimum atomic E-state index is -3.89. The van der Waals surface area contributed by atoms with Gasteiger partial charge >= 0.3 is 5.97 Å². The monoisotopic (exact) mass is 498 g/mol. The molecule has 1 aliphatic rings. The van der Waals surface area contributed by atoms with Crippen LogP contribution in [0.3, 0.4) is 0 Å². The lowest BCUT2D eigenvalue weighted by Crippen LogP contribution is -2.17. The minimum Gasteiger partial charge on any atom is -0.462 e. The van der Waals surface area contributed by atoms with Crippen LogP contribution in [-0.4, -0.2) is 26.9 Å². The summed E-state index contributed by atoms with van der Waals surface area (Å²) < 4.78 is 33.6. The molecule has 1 amide bonds. The number of hydrogen-bond acceptors (Lipinski definition) is 6. The zero-order chi connectivity index (χ0) is 24.3. The van der Waals surface area contributed by atoms with E-state index in [1.807, 2.05) is 13.0 Å². The first kappa shape index (κ1) is 24.0. The number of rotatable bonds is 7. The molecule has 1 heterocycles. The molecule has 178 valence electrons. The van der Waals surface area contributed by atoms with Crippen molar-refractivity contribution in [2.45, 2.75) is 44.4 Å². The average molecular weight is 499 g/mol. The third kappa shape index (κ3) is 5.15. The van der Waals surface area contributed by atoms with Gasteiger partial charge in [-0.1, -0.05) is 18.2 Å². The molecule has 4 rings (SSSR count). The van der Waals surface area contributed by atoms with E-state index in [4.69, 9.17) is 4.74 Å². The Morgan fingerprint density at radius 2 is 1.82 bits per heavy atom.